The molecule has 1 atom stereocenters. The van der Waals surface area contributed by atoms with Crippen molar-refractivity contribution in [3.63, 3.8) is 0 Å². The van der Waals surface area contributed by atoms with Crippen molar-refractivity contribution in [1.82, 2.24) is 15.2 Å². The standard InChI is InChI=1S/C12H17N3O2/c1-12(11(16)17,10-3-2-4-14-9-10)15-7-5-13-6-8-15/h2-4,9,13H,5-8H2,1H3,(H,16,17). The van der Waals surface area contributed by atoms with Crippen LogP contribution in [-0.2, 0) is 10.3 Å². The number of carboxylic acid groups (broad SMARTS) is 1. The van der Waals surface area contributed by atoms with Crippen LogP contribution < -0.4 is 5.32 Å². The fourth-order valence-electron chi connectivity index (χ4n) is 2.20. The van der Waals surface area contributed by atoms with Crippen molar-refractivity contribution in [3.05, 3.63) is 30.1 Å². The van der Waals surface area contributed by atoms with Crippen LogP contribution >= 0.6 is 0 Å². The van der Waals surface area contributed by atoms with E-state index in [0.29, 0.717) is 0 Å². The monoisotopic (exact) mass is 235 g/mol. The maximum atomic E-state index is 11.6. The minimum absolute atomic E-state index is 0.731. The highest BCUT2D eigenvalue weighted by molar-refractivity contribution is 5.80. The Morgan fingerprint density at radius 2 is 2.24 bits per heavy atom. The van der Waals surface area contributed by atoms with E-state index in [-0.39, 0.29) is 0 Å². The fourth-order valence-corrected chi connectivity index (χ4v) is 2.20. The van der Waals surface area contributed by atoms with Gasteiger partial charge in [0.15, 0.2) is 0 Å². The molecule has 0 aromatic carbocycles. The molecule has 5 nitrogen and oxygen atoms in total. The van der Waals surface area contributed by atoms with Gasteiger partial charge in [0.05, 0.1) is 0 Å². The normalized spacial score (nSPS) is 20.8. The number of aliphatic carboxylic acids is 1. The molecule has 1 fully saturated rings. The minimum atomic E-state index is -0.990. The van der Waals surface area contributed by atoms with E-state index in [9.17, 15) is 9.90 Å². The number of carbonyl (C=O) groups is 1. The summed E-state index contributed by atoms with van der Waals surface area (Å²) in [6.07, 6.45) is 3.29. The van der Waals surface area contributed by atoms with Gasteiger partial charge in [-0.15, -0.1) is 0 Å². The molecule has 0 aliphatic carbocycles. The summed E-state index contributed by atoms with van der Waals surface area (Å²) in [7, 11) is 0. The largest absolute Gasteiger partial charge is 0.480 e. The van der Waals surface area contributed by atoms with Crippen LogP contribution in [0.3, 0.4) is 0 Å². The van der Waals surface area contributed by atoms with Crippen molar-refractivity contribution >= 4 is 5.97 Å². The lowest BCUT2D eigenvalue weighted by atomic mass is 9.90. The molecule has 0 amide bonds. The Balaban J connectivity index is 2.35. The summed E-state index contributed by atoms with van der Waals surface area (Å²) >= 11 is 0. The van der Waals surface area contributed by atoms with Gasteiger partial charge in [-0.25, -0.2) is 4.79 Å². The summed E-state index contributed by atoms with van der Waals surface area (Å²) in [6, 6.07) is 3.60. The topological polar surface area (TPSA) is 65.5 Å². The van der Waals surface area contributed by atoms with Gasteiger partial charge in [0, 0.05) is 44.1 Å². The number of piperazine rings is 1. The second-order valence-electron chi connectivity index (χ2n) is 4.36. The fraction of sp³-hybridized carbons (Fsp3) is 0.500. The highest BCUT2D eigenvalue weighted by Gasteiger charge is 2.41. The molecule has 1 aliphatic rings. The number of aromatic nitrogens is 1. The Hall–Kier alpha value is -1.46. The Morgan fingerprint density at radius 3 is 2.76 bits per heavy atom. The van der Waals surface area contributed by atoms with Gasteiger partial charge in [-0.05, 0) is 13.0 Å². The maximum absolute atomic E-state index is 11.6. The zero-order chi connectivity index (χ0) is 12.3. The van der Waals surface area contributed by atoms with Crippen LogP contribution in [0.25, 0.3) is 0 Å². The van der Waals surface area contributed by atoms with E-state index in [0.717, 1.165) is 31.7 Å². The third-order valence-electron chi connectivity index (χ3n) is 3.39. The van der Waals surface area contributed by atoms with Crippen molar-refractivity contribution in [2.75, 3.05) is 26.2 Å². The zero-order valence-electron chi connectivity index (χ0n) is 9.89. The molecular formula is C12H17N3O2. The molecule has 0 bridgehead atoms. The van der Waals surface area contributed by atoms with Crippen LogP contribution in [0.2, 0.25) is 0 Å². The van der Waals surface area contributed by atoms with Crippen LogP contribution in [-0.4, -0.2) is 47.1 Å². The lowest BCUT2D eigenvalue weighted by Gasteiger charge is -2.40. The molecule has 5 heteroatoms. The summed E-state index contributed by atoms with van der Waals surface area (Å²) in [5.41, 5.74) is -0.259. The zero-order valence-corrected chi connectivity index (χ0v) is 9.89. The van der Waals surface area contributed by atoms with Crippen LogP contribution in [0, 0.1) is 0 Å². The summed E-state index contributed by atoms with van der Waals surface area (Å²) < 4.78 is 0. The number of pyridine rings is 1. The van der Waals surface area contributed by atoms with Gasteiger partial charge in [-0.3, -0.25) is 9.88 Å². The van der Waals surface area contributed by atoms with E-state index in [1.54, 1.807) is 25.4 Å². The van der Waals surface area contributed by atoms with Crippen LogP contribution in [0.5, 0.6) is 0 Å². The molecule has 1 unspecified atom stereocenters. The highest BCUT2D eigenvalue weighted by atomic mass is 16.4. The Morgan fingerprint density at radius 1 is 1.53 bits per heavy atom. The molecule has 0 spiro atoms. The Kier molecular flexibility index (Phi) is 3.40. The molecule has 1 saturated heterocycles. The SMILES string of the molecule is CC(C(=O)O)(c1cccnc1)N1CCNCC1. The quantitative estimate of drug-likeness (QED) is 0.788. The van der Waals surface area contributed by atoms with E-state index in [2.05, 4.69) is 10.3 Å². The summed E-state index contributed by atoms with van der Waals surface area (Å²) in [4.78, 5) is 17.6. The maximum Gasteiger partial charge on any atom is 0.328 e. The van der Waals surface area contributed by atoms with E-state index in [1.807, 2.05) is 11.0 Å². The third-order valence-corrected chi connectivity index (χ3v) is 3.39. The smallest absolute Gasteiger partial charge is 0.328 e. The molecule has 92 valence electrons. The average molecular weight is 235 g/mol. The van der Waals surface area contributed by atoms with Crippen LogP contribution in [0.4, 0.5) is 0 Å². The summed E-state index contributed by atoms with van der Waals surface area (Å²) in [6.45, 7) is 4.86. The second kappa shape index (κ2) is 4.81. The number of hydrogen-bond acceptors (Lipinski definition) is 4. The first-order chi connectivity index (χ1) is 8.15. The lowest BCUT2D eigenvalue weighted by Crippen LogP contribution is -2.56. The molecular weight excluding hydrogens is 218 g/mol. The first-order valence-corrected chi connectivity index (χ1v) is 5.75. The number of carboxylic acids is 1. The third kappa shape index (κ3) is 2.16. The second-order valence-corrected chi connectivity index (χ2v) is 4.36. The van der Waals surface area contributed by atoms with E-state index >= 15 is 0 Å². The summed E-state index contributed by atoms with van der Waals surface area (Å²) in [5.74, 6) is -0.826. The Bertz CT molecular complexity index is 390. The minimum Gasteiger partial charge on any atom is -0.480 e. The van der Waals surface area contributed by atoms with Crippen LogP contribution in [0.1, 0.15) is 12.5 Å². The van der Waals surface area contributed by atoms with E-state index in [1.165, 1.54) is 0 Å². The van der Waals surface area contributed by atoms with E-state index in [4.69, 9.17) is 0 Å². The molecule has 1 aromatic heterocycles. The van der Waals surface area contributed by atoms with Gasteiger partial charge >= 0.3 is 5.97 Å². The van der Waals surface area contributed by atoms with Gasteiger partial charge in [-0.2, -0.15) is 0 Å². The van der Waals surface area contributed by atoms with Crippen molar-refractivity contribution in [1.29, 1.82) is 0 Å². The van der Waals surface area contributed by atoms with Gasteiger partial charge in [0.1, 0.15) is 5.54 Å². The molecule has 0 radical (unpaired) electrons. The predicted molar refractivity (Wildman–Crippen MR) is 63.7 cm³/mol. The highest BCUT2D eigenvalue weighted by Crippen LogP contribution is 2.28. The summed E-state index contributed by atoms with van der Waals surface area (Å²) in [5, 5.41) is 12.8. The van der Waals surface area contributed by atoms with Gasteiger partial charge in [0.25, 0.3) is 0 Å². The van der Waals surface area contributed by atoms with Gasteiger partial charge < -0.3 is 10.4 Å². The van der Waals surface area contributed by atoms with Crippen molar-refractivity contribution in [3.8, 4) is 0 Å². The molecule has 17 heavy (non-hydrogen) atoms. The van der Waals surface area contributed by atoms with Crippen LogP contribution in [0.15, 0.2) is 24.5 Å². The molecule has 2 rings (SSSR count). The number of nitrogens with zero attached hydrogens (tertiary/aromatic N) is 2. The predicted octanol–water partition coefficient (Wildman–Crippen LogP) is 0.287. The van der Waals surface area contributed by atoms with E-state index < -0.39 is 11.5 Å². The van der Waals surface area contributed by atoms with Crippen molar-refractivity contribution in [2.24, 2.45) is 0 Å². The first kappa shape index (κ1) is 12.0. The molecule has 1 aliphatic heterocycles. The molecule has 2 heterocycles. The Labute approximate surface area is 100 Å². The lowest BCUT2D eigenvalue weighted by molar-refractivity contribution is -0.151. The average Bonchev–Trinajstić information content (AvgIpc) is 2.39. The molecule has 2 N–H and O–H groups in total. The first-order valence-electron chi connectivity index (χ1n) is 5.75. The van der Waals surface area contributed by atoms with Crippen molar-refractivity contribution in [2.45, 2.75) is 12.5 Å². The molecule has 0 saturated carbocycles. The number of nitrogens with one attached hydrogen (secondary N) is 1. The molecule has 1 aromatic rings. The van der Waals surface area contributed by atoms with Crippen molar-refractivity contribution < 1.29 is 9.90 Å². The number of hydrogen-bond donors (Lipinski definition) is 2. The number of rotatable bonds is 3. The van der Waals surface area contributed by atoms with Gasteiger partial charge in [0.2, 0.25) is 0 Å². The van der Waals surface area contributed by atoms with Gasteiger partial charge in [-0.1, -0.05) is 6.07 Å².